The van der Waals surface area contributed by atoms with Gasteiger partial charge < -0.3 is 14.8 Å². The van der Waals surface area contributed by atoms with Crippen LogP contribution in [-0.2, 0) is 9.47 Å². The number of ether oxygens (including phenoxy) is 2. The maximum absolute atomic E-state index is 6.63. The standard InChI is InChI=1S/C16H31NO2/c1-17-13-16(10-5-3-4-6-11-16)19-15-9-7-8-14(12-15)18-2/h14-15,17H,3-13H2,1-2H3. The van der Waals surface area contributed by atoms with Gasteiger partial charge in [-0.1, -0.05) is 25.7 Å². The fourth-order valence-electron chi connectivity index (χ4n) is 3.81. The van der Waals surface area contributed by atoms with Crippen LogP contribution in [0.1, 0.15) is 64.2 Å². The van der Waals surface area contributed by atoms with Gasteiger partial charge in [-0.05, 0) is 45.6 Å². The zero-order valence-electron chi connectivity index (χ0n) is 12.7. The molecule has 2 saturated carbocycles. The Morgan fingerprint density at radius 1 is 1.00 bits per heavy atom. The molecular formula is C16H31NO2. The normalized spacial score (nSPS) is 31.9. The Hall–Kier alpha value is -0.120. The molecular weight excluding hydrogens is 238 g/mol. The van der Waals surface area contributed by atoms with E-state index in [4.69, 9.17) is 9.47 Å². The summed E-state index contributed by atoms with van der Waals surface area (Å²) in [6.45, 7) is 1.00. The molecule has 2 aliphatic rings. The van der Waals surface area contributed by atoms with Crippen molar-refractivity contribution in [3.63, 3.8) is 0 Å². The summed E-state index contributed by atoms with van der Waals surface area (Å²) >= 11 is 0. The van der Waals surface area contributed by atoms with Crippen molar-refractivity contribution in [2.24, 2.45) is 0 Å². The van der Waals surface area contributed by atoms with Gasteiger partial charge in [0.25, 0.3) is 0 Å². The quantitative estimate of drug-likeness (QED) is 0.777. The van der Waals surface area contributed by atoms with Gasteiger partial charge >= 0.3 is 0 Å². The predicted molar refractivity (Wildman–Crippen MR) is 78.5 cm³/mol. The molecule has 0 aliphatic heterocycles. The van der Waals surface area contributed by atoms with Crippen molar-refractivity contribution >= 4 is 0 Å². The Labute approximate surface area is 118 Å². The van der Waals surface area contributed by atoms with Crippen LogP contribution >= 0.6 is 0 Å². The second kappa shape index (κ2) is 7.61. The summed E-state index contributed by atoms with van der Waals surface area (Å²) in [6, 6.07) is 0. The molecule has 0 spiro atoms. The number of hydrogen-bond acceptors (Lipinski definition) is 3. The average Bonchev–Trinajstić information content (AvgIpc) is 2.65. The summed E-state index contributed by atoms with van der Waals surface area (Å²) < 4.78 is 12.2. The van der Waals surface area contributed by atoms with E-state index in [1.807, 2.05) is 7.11 Å². The van der Waals surface area contributed by atoms with Crippen LogP contribution in [0.3, 0.4) is 0 Å². The first kappa shape index (κ1) is 15.3. The second-order valence-corrected chi connectivity index (χ2v) is 6.39. The number of rotatable bonds is 5. The molecule has 2 unspecified atom stereocenters. The molecule has 1 N–H and O–H groups in total. The van der Waals surface area contributed by atoms with Gasteiger partial charge in [0, 0.05) is 13.7 Å². The van der Waals surface area contributed by atoms with Crippen molar-refractivity contribution in [2.45, 2.75) is 82.0 Å². The third-order valence-corrected chi connectivity index (χ3v) is 4.84. The molecule has 0 saturated heterocycles. The van der Waals surface area contributed by atoms with Crippen LogP contribution in [0, 0.1) is 0 Å². The van der Waals surface area contributed by atoms with Crippen molar-refractivity contribution in [1.82, 2.24) is 5.32 Å². The van der Waals surface area contributed by atoms with E-state index in [0.717, 1.165) is 13.0 Å². The van der Waals surface area contributed by atoms with Crippen LogP contribution in [0.15, 0.2) is 0 Å². The highest BCUT2D eigenvalue weighted by molar-refractivity contribution is 4.88. The van der Waals surface area contributed by atoms with Crippen molar-refractivity contribution < 1.29 is 9.47 Å². The SMILES string of the molecule is CNCC1(OC2CCCC(OC)C2)CCCCCC1. The van der Waals surface area contributed by atoms with Crippen molar-refractivity contribution in [3.05, 3.63) is 0 Å². The molecule has 3 nitrogen and oxygen atoms in total. The summed E-state index contributed by atoms with van der Waals surface area (Å²) in [7, 11) is 3.89. The van der Waals surface area contributed by atoms with Gasteiger partial charge in [0.1, 0.15) is 0 Å². The molecule has 112 valence electrons. The molecule has 0 aromatic heterocycles. The zero-order chi connectivity index (χ0) is 13.6. The highest BCUT2D eigenvalue weighted by Gasteiger charge is 2.35. The van der Waals surface area contributed by atoms with E-state index >= 15 is 0 Å². The van der Waals surface area contributed by atoms with E-state index in [1.54, 1.807) is 0 Å². The molecule has 0 bridgehead atoms. The Balaban J connectivity index is 1.94. The van der Waals surface area contributed by atoms with Gasteiger partial charge in [0.05, 0.1) is 17.8 Å². The zero-order valence-corrected chi connectivity index (χ0v) is 12.7. The van der Waals surface area contributed by atoms with Gasteiger partial charge in [-0.15, -0.1) is 0 Å². The van der Waals surface area contributed by atoms with Gasteiger partial charge in [-0.25, -0.2) is 0 Å². The fourth-order valence-corrected chi connectivity index (χ4v) is 3.81. The Bertz CT molecular complexity index is 249. The molecule has 0 heterocycles. The van der Waals surface area contributed by atoms with Gasteiger partial charge in [0.2, 0.25) is 0 Å². The summed E-state index contributed by atoms with van der Waals surface area (Å²) in [5.41, 5.74) is 0.0888. The lowest BCUT2D eigenvalue weighted by molar-refractivity contribution is -0.127. The van der Waals surface area contributed by atoms with Gasteiger partial charge in [-0.3, -0.25) is 0 Å². The first-order valence-corrected chi connectivity index (χ1v) is 8.13. The molecule has 0 aromatic rings. The summed E-state index contributed by atoms with van der Waals surface area (Å²) in [6.07, 6.45) is 13.4. The molecule has 0 aromatic carbocycles. The Morgan fingerprint density at radius 3 is 2.32 bits per heavy atom. The number of nitrogens with one attached hydrogen (secondary N) is 1. The molecule has 2 rings (SSSR count). The maximum atomic E-state index is 6.63. The summed E-state index contributed by atoms with van der Waals surface area (Å²) in [5.74, 6) is 0. The Kier molecular flexibility index (Phi) is 6.11. The van der Waals surface area contributed by atoms with Crippen LogP contribution in [0.4, 0.5) is 0 Å². The smallest absolute Gasteiger partial charge is 0.0809 e. The summed E-state index contributed by atoms with van der Waals surface area (Å²) in [4.78, 5) is 0. The first-order chi connectivity index (χ1) is 9.28. The highest BCUT2D eigenvalue weighted by atomic mass is 16.5. The van der Waals surface area contributed by atoms with E-state index in [0.29, 0.717) is 12.2 Å². The van der Waals surface area contributed by atoms with Crippen LogP contribution in [0.2, 0.25) is 0 Å². The minimum atomic E-state index is 0.0888. The molecule has 3 heteroatoms. The van der Waals surface area contributed by atoms with Crippen LogP contribution in [-0.4, -0.2) is 38.5 Å². The molecule has 2 atom stereocenters. The van der Waals surface area contributed by atoms with Gasteiger partial charge in [-0.2, -0.15) is 0 Å². The lowest BCUT2D eigenvalue weighted by Crippen LogP contribution is -2.45. The topological polar surface area (TPSA) is 30.5 Å². The molecule has 2 aliphatic carbocycles. The maximum Gasteiger partial charge on any atom is 0.0809 e. The third-order valence-electron chi connectivity index (χ3n) is 4.84. The van der Waals surface area contributed by atoms with Crippen LogP contribution < -0.4 is 5.32 Å². The largest absolute Gasteiger partial charge is 0.381 e. The third kappa shape index (κ3) is 4.44. The molecule has 2 fully saturated rings. The van der Waals surface area contributed by atoms with Gasteiger partial charge in [0.15, 0.2) is 0 Å². The molecule has 19 heavy (non-hydrogen) atoms. The number of methoxy groups -OCH3 is 1. The van der Waals surface area contributed by atoms with E-state index in [1.165, 1.54) is 57.8 Å². The molecule has 0 amide bonds. The lowest BCUT2D eigenvalue weighted by Gasteiger charge is -2.39. The monoisotopic (exact) mass is 269 g/mol. The highest BCUT2D eigenvalue weighted by Crippen LogP contribution is 2.34. The molecule has 0 radical (unpaired) electrons. The van der Waals surface area contributed by atoms with E-state index in [2.05, 4.69) is 12.4 Å². The van der Waals surface area contributed by atoms with E-state index < -0.39 is 0 Å². The number of hydrogen-bond donors (Lipinski definition) is 1. The number of likely N-dealkylation sites (N-methyl/N-ethyl adjacent to an activating group) is 1. The first-order valence-electron chi connectivity index (χ1n) is 8.13. The second-order valence-electron chi connectivity index (χ2n) is 6.39. The van der Waals surface area contributed by atoms with E-state index in [-0.39, 0.29) is 5.60 Å². The Morgan fingerprint density at radius 2 is 1.68 bits per heavy atom. The minimum Gasteiger partial charge on any atom is -0.381 e. The summed E-state index contributed by atoms with van der Waals surface area (Å²) in [5, 5.41) is 3.36. The van der Waals surface area contributed by atoms with Crippen molar-refractivity contribution in [3.8, 4) is 0 Å². The van der Waals surface area contributed by atoms with Crippen molar-refractivity contribution in [2.75, 3.05) is 20.7 Å². The predicted octanol–water partition coefficient (Wildman–Crippen LogP) is 3.27. The van der Waals surface area contributed by atoms with Crippen molar-refractivity contribution in [1.29, 1.82) is 0 Å². The van der Waals surface area contributed by atoms with Crippen LogP contribution in [0.25, 0.3) is 0 Å². The van der Waals surface area contributed by atoms with Crippen LogP contribution in [0.5, 0.6) is 0 Å². The minimum absolute atomic E-state index is 0.0888. The van der Waals surface area contributed by atoms with E-state index in [9.17, 15) is 0 Å². The average molecular weight is 269 g/mol. The lowest BCUT2D eigenvalue weighted by atomic mass is 9.90. The fraction of sp³-hybridized carbons (Fsp3) is 1.00.